The number of carbonyl (C=O) groups excluding carboxylic acids is 2. The van der Waals surface area contributed by atoms with Crippen LogP contribution in [0.2, 0.25) is 0 Å². The Balaban J connectivity index is 1.81. The maximum atomic E-state index is 12.6. The summed E-state index contributed by atoms with van der Waals surface area (Å²) in [6, 6.07) is 7.43. The lowest BCUT2D eigenvalue weighted by atomic mass is 9.81. The summed E-state index contributed by atoms with van der Waals surface area (Å²) in [7, 11) is 1.33. The summed E-state index contributed by atoms with van der Waals surface area (Å²) in [6.45, 7) is 8.71. The molecule has 0 fully saturated rings. The van der Waals surface area contributed by atoms with Gasteiger partial charge in [-0.2, -0.15) is 0 Å². The van der Waals surface area contributed by atoms with E-state index in [1.807, 2.05) is 31.2 Å². The fourth-order valence-corrected chi connectivity index (χ4v) is 3.43. The van der Waals surface area contributed by atoms with E-state index >= 15 is 0 Å². The number of hydrogen-bond acceptors (Lipinski definition) is 7. The molecule has 0 radical (unpaired) electrons. The molecule has 2 unspecified atom stereocenters. The number of rotatable bonds is 10. The van der Waals surface area contributed by atoms with Crippen LogP contribution in [0.3, 0.4) is 0 Å². The Hall–Kier alpha value is -2.83. The average Bonchev–Trinajstić information content (AvgIpc) is 2.72. The highest BCUT2D eigenvalue weighted by atomic mass is 16.5. The third kappa shape index (κ3) is 6.08. The maximum absolute atomic E-state index is 12.6. The van der Waals surface area contributed by atoms with Crippen LogP contribution in [-0.2, 0) is 19.1 Å². The first-order valence-electron chi connectivity index (χ1n) is 10.3. The van der Waals surface area contributed by atoms with E-state index in [9.17, 15) is 9.59 Å². The lowest BCUT2D eigenvalue weighted by Crippen LogP contribution is -2.36. The molecule has 2 rings (SSSR count). The van der Waals surface area contributed by atoms with Gasteiger partial charge in [0.2, 0.25) is 0 Å². The highest BCUT2D eigenvalue weighted by Crippen LogP contribution is 2.32. The van der Waals surface area contributed by atoms with Crippen molar-refractivity contribution in [1.82, 2.24) is 0 Å². The number of methoxy groups -OCH3 is 1. The molecule has 0 spiro atoms. The number of esters is 2. The molecule has 0 saturated heterocycles. The Morgan fingerprint density at radius 1 is 1.00 bits per heavy atom. The summed E-state index contributed by atoms with van der Waals surface area (Å²) < 4.78 is 21.5. The van der Waals surface area contributed by atoms with Crippen molar-refractivity contribution >= 4 is 17.7 Å². The average molecular weight is 418 g/mol. The molecule has 1 heterocycles. The summed E-state index contributed by atoms with van der Waals surface area (Å²) in [6.07, 6.45) is 1.50. The van der Waals surface area contributed by atoms with Gasteiger partial charge in [0.1, 0.15) is 17.4 Å². The molecule has 0 aliphatic carbocycles. The molecule has 1 aliphatic rings. The van der Waals surface area contributed by atoms with Gasteiger partial charge < -0.3 is 18.9 Å². The van der Waals surface area contributed by atoms with Crippen molar-refractivity contribution in [3.63, 3.8) is 0 Å². The van der Waals surface area contributed by atoms with Crippen LogP contribution in [-0.4, -0.2) is 44.6 Å². The highest BCUT2D eigenvalue weighted by molar-refractivity contribution is 6.05. The zero-order valence-corrected chi connectivity index (χ0v) is 18.4. The van der Waals surface area contributed by atoms with Crippen LogP contribution in [0.15, 0.2) is 40.5 Å². The third-order valence-electron chi connectivity index (χ3n) is 4.90. The van der Waals surface area contributed by atoms with E-state index in [1.54, 1.807) is 13.8 Å². The zero-order chi connectivity index (χ0) is 22.1. The van der Waals surface area contributed by atoms with Gasteiger partial charge in [0.25, 0.3) is 0 Å². The van der Waals surface area contributed by atoms with Crippen LogP contribution in [0.5, 0.6) is 11.5 Å². The van der Waals surface area contributed by atoms with Gasteiger partial charge in [0.05, 0.1) is 32.5 Å². The van der Waals surface area contributed by atoms with E-state index in [0.717, 1.165) is 17.9 Å². The van der Waals surface area contributed by atoms with E-state index in [1.165, 1.54) is 7.11 Å². The molecule has 1 aromatic carbocycles. The van der Waals surface area contributed by atoms with E-state index < -0.39 is 17.9 Å². The first kappa shape index (κ1) is 23.4. The Kier molecular flexibility index (Phi) is 8.89. The Labute approximate surface area is 178 Å². The standard InChI is InChI=1S/C23H31NO6/c1-6-12-28-18-8-10-19(11-9-18)29-13-7-14-30-23(26)21-15(2)20(22(25)27-5)16(3)24-17(21)4/h8-11,15,20H,6-7,12-14H2,1-5H3. The van der Waals surface area contributed by atoms with Gasteiger partial charge in [-0.15, -0.1) is 0 Å². The normalized spacial score (nSPS) is 18.5. The second-order valence-corrected chi connectivity index (χ2v) is 7.20. The second kappa shape index (κ2) is 11.4. The quantitative estimate of drug-likeness (QED) is 0.423. The van der Waals surface area contributed by atoms with Crippen LogP contribution in [0.1, 0.15) is 40.5 Å². The smallest absolute Gasteiger partial charge is 0.336 e. The number of aliphatic imine (C=N–C) groups is 1. The highest BCUT2D eigenvalue weighted by Gasteiger charge is 2.38. The van der Waals surface area contributed by atoms with Gasteiger partial charge in [0, 0.05) is 23.7 Å². The monoisotopic (exact) mass is 417 g/mol. The van der Waals surface area contributed by atoms with Crippen LogP contribution in [0, 0.1) is 11.8 Å². The van der Waals surface area contributed by atoms with Gasteiger partial charge in [-0.25, -0.2) is 4.79 Å². The van der Waals surface area contributed by atoms with Crippen molar-refractivity contribution in [1.29, 1.82) is 0 Å². The molecule has 0 N–H and O–H groups in total. The number of benzene rings is 1. The van der Waals surface area contributed by atoms with Crippen molar-refractivity contribution < 1.29 is 28.5 Å². The topological polar surface area (TPSA) is 83.4 Å². The van der Waals surface area contributed by atoms with Crippen molar-refractivity contribution in [2.75, 3.05) is 26.9 Å². The number of nitrogens with zero attached hydrogens (tertiary/aromatic N) is 1. The molecule has 164 valence electrons. The van der Waals surface area contributed by atoms with E-state index in [4.69, 9.17) is 18.9 Å². The molecule has 1 aliphatic heterocycles. The van der Waals surface area contributed by atoms with Gasteiger partial charge >= 0.3 is 11.9 Å². The number of hydrogen-bond donors (Lipinski definition) is 0. The van der Waals surface area contributed by atoms with Crippen molar-refractivity contribution in [3.05, 3.63) is 35.5 Å². The van der Waals surface area contributed by atoms with Gasteiger partial charge in [-0.1, -0.05) is 13.8 Å². The minimum atomic E-state index is -0.575. The molecule has 30 heavy (non-hydrogen) atoms. The minimum Gasteiger partial charge on any atom is -0.494 e. The fraction of sp³-hybridized carbons (Fsp3) is 0.522. The summed E-state index contributed by atoms with van der Waals surface area (Å²) in [5.74, 6) is -0.244. The lowest BCUT2D eigenvalue weighted by Gasteiger charge is -2.28. The molecule has 0 amide bonds. The zero-order valence-electron chi connectivity index (χ0n) is 18.4. The summed E-state index contributed by atoms with van der Waals surface area (Å²) in [5.41, 5.74) is 1.63. The Morgan fingerprint density at radius 2 is 1.60 bits per heavy atom. The fourth-order valence-electron chi connectivity index (χ4n) is 3.43. The SMILES string of the molecule is CCCOc1ccc(OCCCOC(=O)C2=C(C)N=C(C)C(C(=O)OC)C2C)cc1. The maximum Gasteiger partial charge on any atom is 0.336 e. The lowest BCUT2D eigenvalue weighted by molar-refractivity contribution is -0.144. The van der Waals surface area contributed by atoms with Crippen molar-refractivity contribution in [3.8, 4) is 11.5 Å². The van der Waals surface area contributed by atoms with Gasteiger partial charge in [-0.3, -0.25) is 9.79 Å². The Bertz CT molecular complexity index is 796. The molecule has 0 aromatic heterocycles. The number of allylic oxidation sites excluding steroid dienone is 1. The molecular formula is C23H31NO6. The van der Waals surface area contributed by atoms with Crippen LogP contribution in [0.25, 0.3) is 0 Å². The molecule has 2 atom stereocenters. The number of carbonyl (C=O) groups is 2. The molecular weight excluding hydrogens is 386 g/mol. The molecule has 0 saturated carbocycles. The summed E-state index contributed by atoms with van der Waals surface area (Å²) in [4.78, 5) is 29.0. The molecule has 1 aromatic rings. The minimum absolute atomic E-state index is 0.214. The van der Waals surface area contributed by atoms with Crippen molar-refractivity contribution in [2.24, 2.45) is 16.8 Å². The van der Waals surface area contributed by atoms with Gasteiger partial charge in [0.15, 0.2) is 0 Å². The molecule has 7 heteroatoms. The van der Waals surface area contributed by atoms with Crippen LogP contribution < -0.4 is 9.47 Å². The van der Waals surface area contributed by atoms with E-state index in [0.29, 0.717) is 36.6 Å². The predicted molar refractivity (Wildman–Crippen MR) is 114 cm³/mol. The summed E-state index contributed by atoms with van der Waals surface area (Å²) in [5, 5.41) is 0. The number of ether oxygens (including phenoxy) is 4. The first-order valence-corrected chi connectivity index (χ1v) is 10.3. The van der Waals surface area contributed by atoms with E-state index in [-0.39, 0.29) is 12.5 Å². The summed E-state index contributed by atoms with van der Waals surface area (Å²) >= 11 is 0. The van der Waals surface area contributed by atoms with Gasteiger partial charge in [-0.05, 0) is 44.5 Å². The molecule has 0 bridgehead atoms. The van der Waals surface area contributed by atoms with E-state index in [2.05, 4.69) is 11.9 Å². The predicted octanol–water partition coefficient (Wildman–Crippen LogP) is 3.96. The molecule has 7 nitrogen and oxygen atoms in total. The first-order chi connectivity index (χ1) is 14.4. The largest absolute Gasteiger partial charge is 0.494 e. The second-order valence-electron chi connectivity index (χ2n) is 7.20. The van der Waals surface area contributed by atoms with Crippen LogP contribution >= 0.6 is 0 Å². The van der Waals surface area contributed by atoms with Crippen molar-refractivity contribution in [2.45, 2.75) is 40.5 Å². The van der Waals surface area contributed by atoms with Crippen LogP contribution in [0.4, 0.5) is 0 Å². The Morgan fingerprint density at radius 3 is 2.17 bits per heavy atom. The third-order valence-corrected chi connectivity index (χ3v) is 4.90.